The summed E-state index contributed by atoms with van der Waals surface area (Å²) in [6.07, 6.45) is 0. The molecule has 0 aliphatic heterocycles. The number of nitrogens with one attached hydrogen (secondary N) is 1. The van der Waals surface area contributed by atoms with E-state index in [9.17, 15) is 4.79 Å². The fourth-order valence-corrected chi connectivity index (χ4v) is 3.68. The Bertz CT molecular complexity index is 900. The van der Waals surface area contributed by atoms with Gasteiger partial charge in [-0.15, -0.1) is 0 Å². The molecule has 124 valence electrons. The van der Waals surface area contributed by atoms with Crippen molar-refractivity contribution in [3.05, 3.63) is 45.9 Å². The van der Waals surface area contributed by atoms with Crippen molar-refractivity contribution in [1.29, 1.82) is 0 Å². The molecule has 1 aromatic heterocycles. The quantitative estimate of drug-likeness (QED) is 0.639. The van der Waals surface area contributed by atoms with Crippen LogP contribution in [-0.2, 0) is 4.79 Å². The van der Waals surface area contributed by atoms with Crippen molar-refractivity contribution >= 4 is 60.1 Å². The van der Waals surface area contributed by atoms with Gasteiger partial charge in [-0.05, 0) is 52.3 Å². The molecule has 0 aliphatic carbocycles. The first kappa shape index (κ1) is 17.0. The molecule has 0 saturated heterocycles. The molecule has 3 aromatic rings. The van der Waals surface area contributed by atoms with Gasteiger partial charge in [-0.25, -0.2) is 4.98 Å². The maximum absolute atomic E-state index is 12.0. The standard InChI is InChI=1S/C16H12BrClN2O3S/c1-22-10-3-4-12-14(7-10)24-16(19-12)20-15(21)8-23-13-5-2-9(18)6-11(13)17/h2-7H,8H2,1H3,(H,19,20,21). The zero-order valence-corrected chi connectivity index (χ0v) is 15.7. The van der Waals surface area contributed by atoms with Crippen LogP contribution >= 0.6 is 38.9 Å². The van der Waals surface area contributed by atoms with Crippen LogP contribution in [0.5, 0.6) is 11.5 Å². The lowest BCUT2D eigenvalue weighted by Gasteiger charge is -2.07. The Morgan fingerprint density at radius 2 is 2.17 bits per heavy atom. The summed E-state index contributed by atoms with van der Waals surface area (Å²) in [6.45, 7) is -0.126. The zero-order valence-electron chi connectivity index (χ0n) is 12.5. The van der Waals surface area contributed by atoms with Crippen LogP contribution in [0.15, 0.2) is 40.9 Å². The molecule has 5 nitrogen and oxygen atoms in total. The number of carbonyl (C=O) groups excluding carboxylic acids is 1. The molecule has 1 N–H and O–H groups in total. The monoisotopic (exact) mass is 426 g/mol. The van der Waals surface area contributed by atoms with Crippen molar-refractivity contribution < 1.29 is 14.3 Å². The minimum absolute atomic E-state index is 0.126. The topological polar surface area (TPSA) is 60.5 Å². The predicted octanol–water partition coefficient (Wildman–Crippen LogP) is 4.74. The van der Waals surface area contributed by atoms with Crippen molar-refractivity contribution in [3.8, 4) is 11.5 Å². The number of benzene rings is 2. The zero-order chi connectivity index (χ0) is 17.1. The fraction of sp³-hybridized carbons (Fsp3) is 0.125. The van der Waals surface area contributed by atoms with Gasteiger partial charge in [0.2, 0.25) is 0 Å². The van der Waals surface area contributed by atoms with E-state index in [1.54, 1.807) is 25.3 Å². The van der Waals surface area contributed by atoms with Crippen LogP contribution in [-0.4, -0.2) is 24.6 Å². The second kappa shape index (κ2) is 7.38. The summed E-state index contributed by atoms with van der Waals surface area (Å²) in [5.74, 6) is 1.01. The highest BCUT2D eigenvalue weighted by Gasteiger charge is 2.10. The second-order valence-corrected chi connectivity index (χ2v) is 7.09. The lowest BCUT2D eigenvalue weighted by molar-refractivity contribution is -0.118. The average molecular weight is 428 g/mol. The first-order valence-corrected chi connectivity index (χ1v) is 8.86. The average Bonchev–Trinajstić information content (AvgIpc) is 2.95. The number of amides is 1. The lowest BCUT2D eigenvalue weighted by atomic mass is 10.3. The van der Waals surface area contributed by atoms with E-state index in [0.29, 0.717) is 20.4 Å². The maximum atomic E-state index is 12.0. The first-order valence-electron chi connectivity index (χ1n) is 6.87. The molecule has 0 bridgehead atoms. The molecule has 0 unspecified atom stereocenters. The normalized spacial score (nSPS) is 10.6. The minimum Gasteiger partial charge on any atom is -0.497 e. The van der Waals surface area contributed by atoms with E-state index in [2.05, 4.69) is 26.2 Å². The molecule has 0 atom stereocenters. The van der Waals surface area contributed by atoms with Gasteiger partial charge in [0, 0.05) is 5.02 Å². The van der Waals surface area contributed by atoms with Crippen molar-refractivity contribution in [2.45, 2.75) is 0 Å². The van der Waals surface area contributed by atoms with E-state index in [-0.39, 0.29) is 12.5 Å². The highest BCUT2D eigenvalue weighted by molar-refractivity contribution is 9.10. The lowest BCUT2D eigenvalue weighted by Crippen LogP contribution is -2.20. The molecule has 0 fully saturated rings. The number of rotatable bonds is 5. The first-order chi connectivity index (χ1) is 11.5. The van der Waals surface area contributed by atoms with Gasteiger partial charge < -0.3 is 9.47 Å². The largest absolute Gasteiger partial charge is 0.497 e. The smallest absolute Gasteiger partial charge is 0.264 e. The Kier molecular flexibility index (Phi) is 5.23. The molecule has 1 heterocycles. The van der Waals surface area contributed by atoms with Crippen molar-refractivity contribution in [3.63, 3.8) is 0 Å². The van der Waals surface area contributed by atoms with E-state index < -0.39 is 0 Å². The molecule has 0 spiro atoms. The number of carbonyl (C=O) groups is 1. The van der Waals surface area contributed by atoms with Gasteiger partial charge in [0.25, 0.3) is 5.91 Å². The highest BCUT2D eigenvalue weighted by atomic mass is 79.9. The number of fused-ring (bicyclic) bond motifs is 1. The summed E-state index contributed by atoms with van der Waals surface area (Å²) in [5.41, 5.74) is 0.803. The van der Waals surface area contributed by atoms with Gasteiger partial charge in [0.15, 0.2) is 11.7 Å². The van der Waals surface area contributed by atoms with Crippen molar-refractivity contribution in [2.24, 2.45) is 0 Å². The highest BCUT2D eigenvalue weighted by Crippen LogP contribution is 2.30. The second-order valence-electron chi connectivity index (χ2n) is 4.76. The summed E-state index contributed by atoms with van der Waals surface area (Å²) in [4.78, 5) is 16.4. The van der Waals surface area contributed by atoms with Gasteiger partial charge in [-0.2, -0.15) is 0 Å². The Balaban J connectivity index is 1.64. The summed E-state index contributed by atoms with van der Waals surface area (Å²) in [5, 5.41) is 3.83. The van der Waals surface area contributed by atoms with Gasteiger partial charge in [0.1, 0.15) is 11.5 Å². The Hall–Kier alpha value is -1.83. The third-order valence-electron chi connectivity index (χ3n) is 3.09. The van der Waals surface area contributed by atoms with Crippen LogP contribution in [0.1, 0.15) is 0 Å². The third-order valence-corrected chi connectivity index (χ3v) is 4.88. The molecule has 24 heavy (non-hydrogen) atoms. The van der Waals surface area contributed by atoms with E-state index >= 15 is 0 Å². The number of thiazole rings is 1. The van der Waals surface area contributed by atoms with E-state index in [1.165, 1.54) is 11.3 Å². The van der Waals surface area contributed by atoms with E-state index in [0.717, 1.165) is 16.0 Å². The predicted molar refractivity (Wildman–Crippen MR) is 99.4 cm³/mol. The number of ether oxygens (including phenoxy) is 2. The molecule has 1 amide bonds. The van der Waals surface area contributed by atoms with Gasteiger partial charge in [0.05, 0.1) is 21.8 Å². The number of halogens is 2. The Labute approximate surface area is 155 Å². The van der Waals surface area contributed by atoms with Crippen LogP contribution < -0.4 is 14.8 Å². The molecule has 0 radical (unpaired) electrons. The summed E-state index contributed by atoms with van der Waals surface area (Å²) in [6, 6.07) is 10.7. The number of anilines is 1. The van der Waals surface area contributed by atoms with Crippen molar-refractivity contribution in [1.82, 2.24) is 4.98 Å². The third kappa shape index (κ3) is 3.98. The van der Waals surface area contributed by atoms with Crippen LogP contribution in [0, 0.1) is 0 Å². The summed E-state index contributed by atoms with van der Waals surface area (Å²) in [7, 11) is 1.61. The molecule has 0 aliphatic rings. The molecule has 8 heteroatoms. The molecular weight excluding hydrogens is 416 g/mol. The van der Waals surface area contributed by atoms with Crippen LogP contribution in [0.2, 0.25) is 5.02 Å². The molecular formula is C16H12BrClN2O3S. The fourth-order valence-electron chi connectivity index (χ4n) is 1.98. The van der Waals surface area contributed by atoms with Gasteiger partial charge >= 0.3 is 0 Å². The van der Waals surface area contributed by atoms with E-state index in [1.807, 2.05) is 18.2 Å². The maximum Gasteiger partial charge on any atom is 0.264 e. The number of nitrogens with zero attached hydrogens (tertiary/aromatic N) is 1. The Morgan fingerprint density at radius 1 is 1.33 bits per heavy atom. The number of methoxy groups -OCH3 is 1. The van der Waals surface area contributed by atoms with Gasteiger partial charge in [-0.1, -0.05) is 22.9 Å². The Morgan fingerprint density at radius 3 is 2.92 bits per heavy atom. The minimum atomic E-state index is -0.289. The molecule has 2 aromatic carbocycles. The van der Waals surface area contributed by atoms with Crippen LogP contribution in [0.4, 0.5) is 5.13 Å². The van der Waals surface area contributed by atoms with Crippen LogP contribution in [0.25, 0.3) is 10.2 Å². The van der Waals surface area contributed by atoms with E-state index in [4.69, 9.17) is 21.1 Å². The molecule has 0 saturated carbocycles. The van der Waals surface area contributed by atoms with Crippen molar-refractivity contribution in [2.75, 3.05) is 19.0 Å². The number of hydrogen-bond acceptors (Lipinski definition) is 5. The number of hydrogen-bond donors (Lipinski definition) is 1. The van der Waals surface area contributed by atoms with Gasteiger partial charge in [-0.3, -0.25) is 10.1 Å². The SMILES string of the molecule is COc1ccc2nc(NC(=O)COc3ccc(Cl)cc3Br)sc2c1. The molecule has 3 rings (SSSR count). The summed E-state index contributed by atoms with van der Waals surface area (Å²) < 4.78 is 12.3. The van der Waals surface area contributed by atoms with Crippen LogP contribution in [0.3, 0.4) is 0 Å². The number of aromatic nitrogens is 1. The summed E-state index contributed by atoms with van der Waals surface area (Å²) >= 11 is 10.6.